The van der Waals surface area contributed by atoms with E-state index in [4.69, 9.17) is 15.2 Å². The second-order valence-corrected chi connectivity index (χ2v) is 5.40. The summed E-state index contributed by atoms with van der Waals surface area (Å²) >= 11 is 0. The van der Waals surface area contributed by atoms with Gasteiger partial charge in [0.1, 0.15) is 17.4 Å². The van der Waals surface area contributed by atoms with E-state index in [0.29, 0.717) is 12.8 Å². The highest BCUT2D eigenvalue weighted by Gasteiger charge is 2.44. The number of rotatable bonds is 3. The maximum atomic E-state index is 11.7. The van der Waals surface area contributed by atoms with Crippen molar-refractivity contribution in [3.63, 3.8) is 0 Å². The van der Waals surface area contributed by atoms with Crippen LogP contribution in [0.1, 0.15) is 30.4 Å². The Hall–Kier alpha value is -1.55. The third-order valence-electron chi connectivity index (χ3n) is 3.73. The molecule has 0 spiro atoms. The standard InChI is InChI=1S/C15H21NO3/c1-10-4-5-11(2)13(8-10)19-12-6-7-15(16,9-12)14(17)18-3/h4-5,8,12H,6-7,9,16H2,1-3H3. The summed E-state index contributed by atoms with van der Waals surface area (Å²) < 4.78 is 10.7. The van der Waals surface area contributed by atoms with Gasteiger partial charge in [0.05, 0.1) is 7.11 Å². The van der Waals surface area contributed by atoms with Gasteiger partial charge in [0, 0.05) is 6.42 Å². The van der Waals surface area contributed by atoms with E-state index < -0.39 is 5.54 Å². The van der Waals surface area contributed by atoms with Crippen molar-refractivity contribution in [2.75, 3.05) is 7.11 Å². The lowest BCUT2D eigenvalue weighted by Gasteiger charge is -2.21. The summed E-state index contributed by atoms with van der Waals surface area (Å²) in [6, 6.07) is 6.11. The monoisotopic (exact) mass is 263 g/mol. The molecule has 0 radical (unpaired) electrons. The number of nitrogens with two attached hydrogens (primary N) is 1. The number of methoxy groups -OCH3 is 1. The Morgan fingerprint density at radius 1 is 1.42 bits per heavy atom. The zero-order valence-corrected chi connectivity index (χ0v) is 11.7. The van der Waals surface area contributed by atoms with Gasteiger partial charge in [0.15, 0.2) is 0 Å². The van der Waals surface area contributed by atoms with Crippen LogP contribution in [0.3, 0.4) is 0 Å². The average molecular weight is 263 g/mol. The molecule has 4 heteroatoms. The van der Waals surface area contributed by atoms with Crippen LogP contribution in [0, 0.1) is 13.8 Å². The summed E-state index contributed by atoms with van der Waals surface area (Å²) in [7, 11) is 1.37. The highest BCUT2D eigenvalue weighted by molar-refractivity contribution is 5.80. The van der Waals surface area contributed by atoms with Crippen LogP contribution >= 0.6 is 0 Å². The molecule has 2 rings (SSSR count). The number of hydrogen-bond acceptors (Lipinski definition) is 4. The molecule has 2 unspecified atom stereocenters. The van der Waals surface area contributed by atoms with Gasteiger partial charge < -0.3 is 15.2 Å². The number of carbonyl (C=O) groups is 1. The fraction of sp³-hybridized carbons (Fsp3) is 0.533. The second kappa shape index (κ2) is 5.21. The van der Waals surface area contributed by atoms with E-state index in [1.807, 2.05) is 26.0 Å². The molecular formula is C15H21NO3. The molecule has 2 atom stereocenters. The molecule has 0 bridgehead atoms. The first-order chi connectivity index (χ1) is 8.94. The zero-order valence-electron chi connectivity index (χ0n) is 11.7. The van der Waals surface area contributed by atoms with Gasteiger partial charge in [-0.15, -0.1) is 0 Å². The molecular weight excluding hydrogens is 242 g/mol. The van der Waals surface area contributed by atoms with E-state index in [9.17, 15) is 4.79 Å². The van der Waals surface area contributed by atoms with E-state index in [1.54, 1.807) is 0 Å². The maximum absolute atomic E-state index is 11.7. The minimum absolute atomic E-state index is 0.0235. The Bertz CT molecular complexity index is 486. The molecule has 19 heavy (non-hydrogen) atoms. The first-order valence-corrected chi connectivity index (χ1v) is 6.56. The van der Waals surface area contributed by atoms with Crippen LogP contribution in [0.2, 0.25) is 0 Å². The summed E-state index contributed by atoms with van der Waals surface area (Å²) in [5.41, 5.74) is 7.43. The lowest BCUT2D eigenvalue weighted by molar-refractivity contribution is -0.147. The SMILES string of the molecule is COC(=O)C1(N)CCC(Oc2cc(C)ccc2C)C1. The van der Waals surface area contributed by atoms with Gasteiger partial charge in [-0.1, -0.05) is 12.1 Å². The van der Waals surface area contributed by atoms with Crippen LogP contribution in [-0.2, 0) is 9.53 Å². The topological polar surface area (TPSA) is 61.5 Å². The van der Waals surface area contributed by atoms with Crippen LogP contribution < -0.4 is 10.5 Å². The van der Waals surface area contributed by atoms with Crippen molar-refractivity contribution in [2.45, 2.75) is 44.8 Å². The Kier molecular flexibility index (Phi) is 3.80. The van der Waals surface area contributed by atoms with Crippen molar-refractivity contribution in [3.8, 4) is 5.75 Å². The highest BCUT2D eigenvalue weighted by atomic mass is 16.5. The van der Waals surface area contributed by atoms with E-state index in [1.165, 1.54) is 7.11 Å². The predicted molar refractivity (Wildman–Crippen MR) is 73.1 cm³/mol. The molecule has 1 aliphatic rings. The third-order valence-corrected chi connectivity index (χ3v) is 3.73. The summed E-state index contributed by atoms with van der Waals surface area (Å²) in [4.78, 5) is 11.7. The molecule has 1 fully saturated rings. The largest absolute Gasteiger partial charge is 0.490 e. The van der Waals surface area contributed by atoms with Crippen molar-refractivity contribution in [3.05, 3.63) is 29.3 Å². The molecule has 0 amide bonds. The van der Waals surface area contributed by atoms with E-state index in [-0.39, 0.29) is 12.1 Å². The number of ether oxygens (including phenoxy) is 2. The van der Waals surface area contributed by atoms with Gasteiger partial charge >= 0.3 is 5.97 Å². The van der Waals surface area contributed by atoms with Crippen LogP contribution in [0.15, 0.2) is 18.2 Å². The molecule has 0 heterocycles. The molecule has 104 valence electrons. The van der Waals surface area contributed by atoms with Gasteiger partial charge in [0.2, 0.25) is 0 Å². The van der Waals surface area contributed by atoms with Gasteiger partial charge in [-0.3, -0.25) is 4.79 Å². The first kappa shape index (κ1) is 13.9. The smallest absolute Gasteiger partial charge is 0.325 e. The minimum Gasteiger partial charge on any atom is -0.490 e. The molecule has 1 aromatic carbocycles. The molecule has 0 aliphatic heterocycles. The Balaban J connectivity index is 2.06. The molecule has 1 saturated carbocycles. The van der Waals surface area contributed by atoms with E-state index in [0.717, 1.165) is 23.3 Å². The normalized spacial score (nSPS) is 26.2. The lowest BCUT2D eigenvalue weighted by atomic mass is 10.00. The molecule has 0 saturated heterocycles. The Morgan fingerprint density at radius 2 is 2.16 bits per heavy atom. The molecule has 4 nitrogen and oxygen atoms in total. The summed E-state index contributed by atoms with van der Waals surface area (Å²) in [6.45, 7) is 4.04. The van der Waals surface area contributed by atoms with Crippen LogP contribution in [0.5, 0.6) is 5.75 Å². The van der Waals surface area contributed by atoms with Gasteiger partial charge in [-0.05, 0) is 43.9 Å². The average Bonchev–Trinajstić information content (AvgIpc) is 2.76. The number of hydrogen-bond donors (Lipinski definition) is 1. The van der Waals surface area contributed by atoms with Crippen LogP contribution in [0.4, 0.5) is 0 Å². The van der Waals surface area contributed by atoms with Crippen molar-refractivity contribution >= 4 is 5.97 Å². The highest BCUT2D eigenvalue weighted by Crippen LogP contribution is 2.33. The minimum atomic E-state index is -0.892. The molecule has 1 aliphatic carbocycles. The summed E-state index contributed by atoms with van der Waals surface area (Å²) in [5, 5.41) is 0. The maximum Gasteiger partial charge on any atom is 0.325 e. The summed E-state index contributed by atoms with van der Waals surface area (Å²) in [5.74, 6) is 0.527. The first-order valence-electron chi connectivity index (χ1n) is 6.56. The number of carbonyl (C=O) groups excluding carboxylic acids is 1. The number of esters is 1. The fourth-order valence-corrected chi connectivity index (χ4v) is 2.53. The number of aryl methyl sites for hydroxylation is 2. The second-order valence-electron chi connectivity index (χ2n) is 5.40. The van der Waals surface area contributed by atoms with Crippen molar-refractivity contribution in [1.82, 2.24) is 0 Å². The van der Waals surface area contributed by atoms with Crippen molar-refractivity contribution in [1.29, 1.82) is 0 Å². The molecule has 0 aromatic heterocycles. The third kappa shape index (κ3) is 2.89. The van der Waals surface area contributed by atoms with Crippen molar-refractivity contribution in [2.24, 2.45) is 5.73 Å². The Morgan fingerprint density at radius 3 is 2.84 bits per heavy atom. The molecule has 1 aromatic rings. The number of benzene rings is 1. The fourth-order valence-electron chi connectivity index (χ4n) is 2.53. The Labute approximate surface area is 113 Å². The van der Waals surface area contributed by atoms with Crippen LogP contribution in [-0.4, -0.2) is 24.7 Å². The zero-order chi connectivity index (χ0) is 14.0. The van der Waals surface area contributed by atoms with Crippen molar-refractivity contribution < 1.29 is 14.3 Å². The lowest BCUT2D eigenvalue weighted by Crippen LogP contribution is -2.47. The van der Waals surface area contributed by atoms with Gasteiger partial charge in [-0.25, -0.2) is 0 Å². The van der Waals surface area contributed by atoms with Gasteiger partial charge in [-0.2, -0.15) is 0 Å². The van der Waals surface area contributed by atoms with E-state index in [2.05, 4.69) is 6.07 Å². The van der Waals surface area contributed by atoms with Gasteiger partial charge in [0.25, 0.3) is 0 Å². The van der Waals surface area contributed by atoms with Crippen LogP contribution in [0.25, 0.3) is 0 Å². The predicted octanol–water partition coefficient (Wildman–Crippen LogP) is 2.11. The quantitative estimate of drug-likeness (QED) is 0.848. The summed E-state index contributed by atoms with van der Waals surface area (Å²) in [6.07, 6.45) is 1.87. The molecule has 2 N–H and O–H groups in total. The van der Waals surface area contributed by atoms with E-state index >= 15 is 0 Å².